The minimum atomic E-state index is 0.781. The molecule has 1 aromatic carbocycles. The molecule has 0 saturated heterocycles. The Balaban J connectivity index is 1.28. The predicted molar refractivity (Wildman–Crippen MR) is 114 cm³/mol. The van der Waals surface area contributed by atoms with Gasteiger partial charge in [-0.15, -0.1) is 21.5 Å². The number of hydrogen-bond donors (Lipinski definition) is 1. The van der Waals surface area contributed by atoms with Gasteiger partial charge in [-0.1, -0.05) is 59.5 Å². The van der Waals surface area contributed by atoms with Crippen molar-refractivity contribution in [3.05, 3.63) is 76.5 Å². The Bertz CT molecular complexity index is 947. The third kappa shape index (κ3) is 5.18. The average Bonchev–Trinajstić information content (AvgIpc) is 3.44. The molecule has 0 fully saturated rings. The summed E-state index contributed by atoms with van der Waals surface area (Å²) in [7, 11) is 0. The van der Waals surface area contributed by atoms with E-state index in [1.165, 1.54) is 10.4 Å². The lowest BCUT2D eigenvalue weighted by atomic mass is 10.2. The zero-order valence-electron chi connectivity index (χ0n) is 14.6. The number of anilines is 1. The summed E-state index contributed by atoms with van der Waals surface area (Å²) in [6.07, 6.45) is 4.90. The zero-order chi connectivity index (χ0) is 18.3. The van der Waals surface area contributed by atoms with Crippen LogP contribution in [-0.2, 0) is 18.7 Å². The third-order valence-corrected chi connectivity index (χ3v) is 6.90. The summed E-state index contributed by atoms with van der Waals surface area (Å²) < 4.78 is 3.15. The van der Waals surface area contributed by atoms with Crippen LogP contribution in [0.4, 0.5) is 5.13 Å². The SMILES string of the molecule is c1ccc(Cn2ccnc2CSc2nnc(NCCc3cccs3)s2)cc1. The molecular weight excluding hydrogens is 394 g/mol. The van der Waals surface area contributed by atoms with Gasteiger partial charge in [-0.05, 0) is 23.4 Å². The fraction of sp³-hybridized carbons (Fsp3) is 0.211. The lowest BCUT2D eigenvalue weighted by Crippen LogP contribution is -2.03. The van der Waals surface area contributed by atoms with Crippen LogP contribution < -0.4 is 5.32 Å². The van der Waals surface area contributed by atoms with E-state index in [1.807, 2.05) is 18.5 Å². The molecule has 0 unspecified atom stereocenters. The minimum Gasteiger partial charge on any atom is -0.360 e. The number of benzene rings is 1. The predicted octanol–water partition coefficient (Wildman–Crippen LogP) is 4.79. The van der Waals surface area contributed by atoms with Gasteiger partial charge in [0.1, 0.15) is 5.82 Å². The molecule has 3 aromatic heterocycles. The third-order valence-electron chi connectivity index (χ3n) is 3.96. The van der Waals surface area contributed by atoms with Crippen molar-refractivity contribution in [2.24, 2.45) is 0 Å². The maximum Gasteiger partial charge on any atom is 0.206 e. The molecule has 0 aliphatic rings. The molecule has 0 saturated carbocycles. The van der Waals surface area contributed by atoms with Crippen molar-refractivity contribution in [1.82, 2.24) is 19.7 Å². The van der Waals surface area contributed by atoms with Gasteiger partial charge in [0.2, 0.25) is 5.13 Å². The van der Waals surface area contributed by atoms with Gasteiger partial charge in [0.15, 0.2) is 4.34 Å². The molecule has 27 heavy (non-hydrogen) atoms. The van der Waals surface area contributed by atoms with Crippen LogP contribution in [0.5, 0.6) is 0 Å². The Hall–Kier alpha value is -2.16. The standard InChI is InChI=1S/C19H19N5S3/c1-2-5-15(6-3-1)13-24-11-10-20-17(24)14-26-19-23-22-18(27-19)21-9-8-16-7-4-12-25-16/h1-7,10-12H,8-9,13-14H2,(H,21,22). The topological polar surface area (TPSA) is 55.6 Å². The summed E-state index contributed by atoms with van der Waals surface area (Å²) in [6.45, 7) is 1.71. The lowest BCUT2D eigenvalue weighted by molar-refractivity contribution is 0.756. The fourth-order valence-electron chi connectivity index (χ4n) is 2.62. The molecule has 5 nitrogen and oxygen atoms in total. The van der Waals surface area contributed by atoms with Crippen LogP contribution in [0.3, 0.4) is 0 Å². The number of thioether (sulfide) groups is 1. The molecule has 1 N–H and O–H groups in total. The van der Waals surface area contributed by atoms with Gasteiger partial charge in [-0.25, -0.2) is 4.98 Å². The van der Waals surface area contributed by atoms with Crippen molar-refractivity contribution >= 4 is 39.6 Å². The zero-order valence-corrected chi connectivity index (χ0v) is 17.1. The van der Waals surface area contributed by atoms with Crippen LogP contribution in [0.25, 0.3) is 0 Å². The van der Waals surface area contributed by atoms with Crippen LogP contribution in [0.2, 0.25) is 0 Å². The average molecular weight is 414 g/mol. The van der Waals surface area contributed by atoms with E-state index in [1.54, 1.807) is 34.4 Å². The number of rotatable bonds is 9. The summed E-state index contributed by atoms with van der Waals surface area (Å²) in [4.78, 5) is 5.88. The molecule has 0 atom stereocenters. The van der Waals surface area contributed by atoms with Crippen LogP contribution in [0, 0.1) is 0 Å². The van der Waals surface area contributed by atoms with Gasteiger partial charge in [0.05, 0.1) is 5.75 Å². The van der Waals surface area contributed by atoms with Crippen LogP contribution >= 0.6 is 34.4 Å². The van der Waals surface area contributed by atoms with Crippen molar-refractivity contribution in [2.45, 2.75) is 23.1 Å². The first kappa shape index (κ1) is 18.2. The van der Waals surface area contributed by atoms with E-state index in [4.69, 9.17) is 0 Å². The first-order valence-electron chi connectivity index (χ1n) is 8.63. The van der Waals surface area contributed by atoms with Crippen molar-refractivity contribution in [2.75, 3.05) is 11.9 Å². The van der Waals surface area contributed by atoms with Gasteiger partial charge < -0.3 is 9.88 Å². The molecule has 4 aromatic rings. The van der Waals surface area contributed by atoms with Gasteiger partial charge >= 0.3 is 0 Å². The molecule has 0 bridgehead atoms. The van der Waals surface area contributed by atoms with Crippen molar-refractivity contribution in [3.63, 3.8) is 0 Å². The van der Waals surface area contributed by atoms with Crippen LogP contribution in [-0.4, -0.2) is 26.3 Å². The highest BCUT2D eigenvalue weighted by Gasteiger charge is 2.09. The quantitative estimate of drug-likeness (QED) is 0.400. The second-order valence-electron chi connectivity index (χ2n) is 5.87. The monoisotopic (exact) mass is 413 g/mol. The van der Waals surface area contributed by atoms with E-state index in [0.717, 1.165) is 40.6 Å². The molecule has 8 heteroatoms. The van der Waals surface area contributed by atoms with E-state index in [2.05, 4.69) is 66.8 Å². The number of nitrogens with one attached hydrogen (secondary N) is 1. The van der Waals surface area contributed by atoms with Crippen molar-refractivity contribution in [1.29, 1.82) is 0 Å². The summed E-state index contributed by atoms with van der Waals surface area (Å²) in [6, 6.07) is 14.7. The van der Waals surface area contributed by atoms with Gasteiger partial charge in [-0.2, -0.15) is 0 Å². The maximum atomic E-state index is 4.50. The van der Waals surface area contributed by atoms with E-state index < -0.39 is 0 Å². The molecule has 4 rings (SSSR count). The minimum absolute atomic E-state index is 0.781. The Morgan fingerprint density at radius 1 is 1.07 bits per heavy atom. The number of nitrogens with zero attached hydrogens (tertiary/aromatic N) is 4. The van der Waals surface area contributed by atoms with Crippen molar-refractivity contribution in [3.8, 4) is 0 Å². The van der Waals surface area contributed by atoms with E-state index in [0.29, 0.717) is 0 Å². The normalized spacial score (nSPS) is 11.0. The number of hydrogen-bond acceptors (Lipinski definition) is 7. The number of imidazole rings is 1. The highest BCUT2D eigenvalue weighted by Crippen LogP contribution is 2.28. The maximum absolute atomic E-state index is 4.50. The summed E-state index contributed by atoms with van der Waals surface area (Å²) >= 11 is 5.06. The first-order valence-corrected chi connectivity index (χ1v) is 11.3. The molecular formula is C19H19N5S3. The Labute approximate surface area is 170 Å². The van der Waals surface area contributed by atoms with E-state index in [9.17, 15) is 0 Å². The summed E-state index contributed by atoms with van der Waals surface area (Å²) in [5.74, 6) is 1.83. The fourth-order valence-corrected chi connectivity index (χ4v) is 5.07. The van der Waals surface area contributed by atoms with Gasteiger partial charge in [-0.3, -0.25) is 0 Å². The van der Waals surface area contributed by atoms with Gasteiger partial charge in [0, 0.05) is 30.4 Å². The largest absolute Gasteiger partial charge is 0.360 e. The molecule has 0 amide bonds. The van der Waals surface area contributed by atoms with E-state index in [-0.39, 0.29) is 0 Å². The Kier molecular flexibility index (Phi) is 6.18. The van der Waals surface area contributed by atoms with E-state index >= 15 is 0 Å². The molecule has 0 spiro atoms. The number of thiophene rings is 1. The van der Waals surface area contributed by atoms with Crippen LogP contribution in [0.15, 0.2) is 64.6 Å². The lowest BCUT2D eigenvalue weighted by Gasteiger charge is -2.07. The first-order chi connectivity index (χ1) is 13.4. The molecule has 138 valence electrons. The molecule has 3 heterocycles. The molecule has 0 radical (unpaired) electrons. The summed E-state index contributed by atoms with van der Waals surface area (Å²) in [5, 5.41) is 14.9. The molecule has 0 aliphatic heterocycles. The Morgan fingerprint density at radius 2 is 2.00 bits per heavy atom. The second-order valence-corrected chi connectivity index (χ2v) is 9.11. The van der Waals surface area contributed by atoms with Gasteiger partial charge in [0.25, 0.3) is 0 Å². The van der Waals surface area contributed by atoms with Crippen LogP contribution in [0.1, 0.15) is 16.3 Å². The smallest absolute Gasteiger partial charge is 0.206 e. The second kappa shape index (κ2) is 9.16. The number of aromatic nitrogens is 4. The Morgan fingerprint density at radius 3 is 2.85 bits per heavy atom. The highest BCUT2D eigenvalue weighted by atomic mass is 32.2. The molecule has 0 aliphatic carbocycles. The highest BCUT2D eigenvalue weighted by molar-refractivity contribution is 8.00. The summed E-state index contributed by atoms with van der Waals surface area (Å²) in [5.41, 5.74) is 1.27. The van der Waals surface area contributed by atoms with Crippen molar-refractivity contribution < 1.29 is 0 Å².